The third-order valence-corrected chi connectivity index (χ3v) is 4.86. The van der Waals surface area contributed by atoms with Gasteiger partial charge in [-0.25, -0.2) is 0 Å². The molecule has 0 radical (unpaired) electrons. The second-order valence-electron chi connectivity index (χ2n) is 5.36. The minimum Gasteiger partial charge on any atom is -0.383 e. The molecule has 0 bridgehead atoms. The summed E-state index contributed by atoms with van der Waals surface area (Å²) in [5, 5.41) is 10.00. The Morgan fingerprint density at radius 2 is 1.83 bits per heavy atom. The van der Waals surface area contributed by atoms with Crippen molar-refractivity contribution in [3.05, 3.63) is 60.4 Å². The number of ether oxygens (including phenoxy) is 1. The highest BCUT2D eigenvalue weighted by Gasteiger charge is 2.17. The maximum atomic E-state index is 5.25. The fourth-order valence-corrected chi connectivity index (χ4v) is 3.43. The second kappa shape index (κ2) is 8.08. The molecule has 0 aliphatic rings. The van der Waals surface area contributed by atoms with Gasteiger partial charge in [-0.1, -0.05) is 42.1 Å². The van der Waals surface area contributed by atoms with Crippen molar-refractivity contribution >= 4 is 11.8 Å². The molecule has 0 saturated carbocycles. The average molecular weight is 340 g/mol. The molecule has 0 aliphatic carbocycles. The van der Waals surface area contributed by atoms with Gasteiger partial charge < -0.3 is 4.74 Å². The van der Waals surface area contributed by atoms with Crippen LogP contribution in [0.4, 0.5) is 0 Å². The van der Waals surface area contributed by atoms with Gasteiger partial charge in [0.15, 0.2) is 11.0 Å². The first-order valence-corrected chi connectivity index (χ1v) is 8.71. The van der Waals surface area contributed by atoms with Gasteiger partial charge in [-0.05, 0) is 24.6 Å². The Hall–Kier alpha value is -2.18. The first kappa shape index (κ1) is 16.7. The number of aromatic nitrogens is 4. The topological polar surface area (TPSA) is 52.8 Å². The first-order valence-electron chi connectivity index (χ1n) is 7.83. The smallest absolute Gasteiger partial charge is 0.192 e. The van der Waals surface area contributed by atoms with Gasteiger partial charge in [0, 0.05) is 30.3 Å². The third-order valence-electron chi connectivity index (χ3n) is 3.73. The van der Waals surface area contributed by atoms with Gasteiger partial charge in [-0.2, -0.15) is 0 Å². The summed E-state index contributed by atoms with van der Waals surface area (Å²) in [4.78, 5) is 4.07. The van der Waals surface area contributed by atoms with Crippen molar-refractivity contribution in [1.82, 2.24) is 19.7 Å². The third kappa shape index (κ3) is 3.83. The molecule has 1 aromatic carbocycles. The van der Waals surface area contributed by atoms with Crippen LogP contribution in [0.25, 0.3) is 11.4 Å². The number of pyridine rings is 1. The number of hydrogen-bond acceptors (Lipinski definition) is 5. The zero-order valence-corrected chi connectivity index (χ0v) is 14.6. The Labute approximate surface area is 146 Å². The van der Waals surface area contributed by atoms with Gasteiger partial charge >= 0.3 is 0 Å². The highest BCUT2D eigenvalue weighted by atomic mass is 32.2. The van der Waals surface area contributed by atoms with Crippen LogP contribution in [0.5, 0.6) is 0 Å². The molecule has 0 amide bonds. The second-order valence-corrected chi connectivity index (χ2v) is 6.67. The first-order chi connectivity index (χ1) is 11.8. The summed E-state index contributed by atoms with van der Waals surface area (Å²) in [5.41, 5.74) is 2.28. The van der Waals surface area contributed by atoms with Crippen LogP contribution in [0.2, 0.25) is 0 Å². The lowest BCUT2D eigenvalue weighted by molar-refractivity contribution is 0.185. The molecule has 0 saturated heterocycles. The number of nitrogens with zero attached hydrogens (tertiary/aromatic N) is 4. The van der Waals surface area contributed by atoms with Crippen molar-refractivity contribution in [2.45, 2.75) is 23.9 Å². The van der Waals surface area contributed by atoms with Crippen molar-refractivity contribution in [2.24, 2.45) is 0 Å². The number of methoxy groups -OCH3 is 1. The van der Waals surface area contributed by atoms with Crippen LogP contribution in [-0.2, 0) is 11.3 Å². The van der Waals surface area contributed by atoms with Gasteiger partial charge in [0.05, 0.1) is 13.2 Å². The van der Waals surface area contributed by atoms with E-state index in [1.54, 1.807) is 31.3 Å². The molecule has 1 atom stereocenters. The largest absolute Gasteiger partial charge is 0.383 e. The standard InChI is InChI=1S/C18H20N4OS/c1-14(15-6-4-3-5-7-15)24-18-21-20-17(22(18)12-13-23-2)16-8-10-19-11-9-16/h3-11,14H,12-13H2,1-2H3. The summed E-state index contributed by atoms with van der Waals surface area (Å²) in [7, 11) is 1.70. The summed E-state index contributed by atoms with van der Waals surface area (Å²) in [6.07, 6.45) is 3.54. The van der Waals surface area contributed by atoms with Crippen LogP contribution >= 0.6 is 11.8 Å². The quantitative estimate of drug-likeness (QED) is 0.612. The Bertz CT molecular complexity index is 761. The molecule has 0 spiro atoms. The number of rotatable bonds is 7. The van der Waals surface area contributed by atoms with Crippen LogP contribution in [-0.4, -0.2) is 33.5 Å². The molecule has 3 rings (SSSR count). The van der Waals surface area contributed by atoms with Gasteiger partial charge in [0.25, 0.3) is 0 Å². The normalized spacial score (nSPS) is 12.2. The van der Waals surface area contributed by atoms with E-state index in [0.29, 0.717) is 18.4 Å². The Morgan fingerprint density at radius 1 is 1.08 bits per heavy atom. The minimum absolute atomic E-state index is 0.294. The van der Waals surface area contributed by atoms with E-state index in [-0.39, 0.29) is 0 Å². The highest BCUT2D eigenvalue weighted by molar-refractivity contribution is 7.99. The lowest BCUT2D eigenvalue weighted by Crippen LogP contribution is -2.08. The fourth-order valence-electron chi connectivity index (χ4n) is 2.42. The average Bonchev–Trinajstić information content (AvgIpc) is 3.04. The van der Waals surface area contributed by atoms with Crippen LogP contribution < -0.4 is 0 Å². The molecule has 124 valence electrons. The van der Waals surface area contributed by atoms with E-state index in [2.05, 4.69) is 50.9 Å². The highest BCUT2D eigenvalue weighted by Crippen LogP contribution is 2.35. The number of hydrogen-bond donors (Lipinski definition) is 0. The summed E-state index contributed by atoms with van der Waals surface area (Å²) in [6.45, 7) is 3.51. The predicted octanol–water partition coefficient (Wildman–Crippen LogP) is 3.84. The number of benzene rings is 1. The van der Waals surface area contributed by atoms with E-state index < -0.39 is 0 Å². The Morgan fingerprint density at radius 3 is 2.54 bits per heavy atom. The summed E-state index contributed by atoms with van der Waals surface area (Å²) in [5.74, 6) is 0.845. The fraction of sp³-hybridized carbons (Fsp3) is 0.278. The molecule has 0 fully saturated rings. The Balaban J connectivity index is 1.88. The molecule has 6 heteroatoms. The van der Waals surface area contributed by atoms with Gasteiger partial charge in [0.1, 0.15) is 0 Å². The lowest BCUT2D eigenvalue weighted by Gasteiger charge is -2.13. The van der Waals surface area contributed by atoms with Crippen LogP contribution in [0, 0.1) is 0 Å². The van der Waals surface area contributed by atoms with Crippen molar-refractivity contribution in [3.63, 3.8) is 0 Å². The number of thioether (sulfide) groups is 1. The van der Waals surface area contributed by atoms with E-state index in [9.17, 15) is 0 Å². The lowest BCUT2D eigenvalue weighted by atomic mass is 10.2. The van der Waals surface area contributed by atoms with Crippen molar-refractivity contribution < 1.29 is 4.74 Å². The monoisotopic (exact) mass is 340 g/mol. The van der Waals surface area contributed by atoms with Gasteiger partial charge in [-0.15, -0.1) is 10.2 Å². The van der Waals surface area contributed by atoms with E-state index in [1.807, 2.05) is 18.2 Å². The van der Waals surface area contributed by atoms with Crippen LogP contribution in [0.3, 0.4) is 0 Å². The van der Waals surface area contributed by atoms with E-state index in [1.165, 1.54) is 5.56 Å². The van der Waals surface area contributed by atoms with Gasteiger partial charge in [-0.3, -0.25) is 9.55 Å². The molecule has 5 nitrogen and oxygen atoms in total. The minimum atomic E-state index is 0.294. The Kier molecular flexibility index (Phi) is 5.61. The van der Waals surface area contributed by atoms with Crippen LogP contribution in [0.15, 0.2) is 60.0 Å². The molecule has 24 heavy (non-hydrogen) atoms. The molecule has 2 aromatic heterocycles. The molecule has 1 unspecified atom stereocenters. The molecule has 0 aliphatic heterocycles. The zero-order chi connectivity index (χ0) is 16.8. The summed E-state index contributed by atoms with van der Waals surface area (Å²) in [6, 6.07) is 14.3. The zero-order valence-electron chi connectivity index (χ0n) is 13.8. The maximum Gasteiger partial charge on any atom is 0.192 e. The van der Waals surface area contributed by atoms with Gasteiger partial charge in [0.2, 0.25) is 0 Å². The SMILES string of the molecule is COCCn1c(SC(C)c2ccccc2)nnc1-c1ccncc1. The summed E-state index contributed by atoms with van der Waals surface area (Å²) >= 11 is 1.71. The van der Waals surface area contributed by atoms with Crippen molar-refractivity contribution in [3.8, 4) is 11.4 Å². The van der Waals surface area contributed by atoms with Crippen LogP contribution in [0.1, 0.15) is 17.7 Å². The van der Waals surface area contributed by atoms with Crippen molar-refractivity contribution in [1.29, 1.82) is 0 Å². The molecular weight excluding hydrogens is 320 g/mol. The maximum absolute atomic E-state index is 5.25. The molecule has 0 N–H and O–H groups in total. The molecule has 2 heterocycles. The molecule has 3 aromatic rings. The predicted molar refractivity (Wildman–Crippen MR) is 95.8 cm³/mol. The van der Waals surface area contributed by atoms with E-state index in [4.69, 9.17) is 4.74 Å². The van der Waals surface area contributed by atoms with E-state index >= 15 is 0 Å². The van der Waals surface area contributed by atoms with Crippen molar-refractivity contribution in [2.75, 3.05) is 13.7 Å². The molecular formula is C18H20N4OS. The summed E-state index contributed by atoms with van der Waals surface area (Å²) < 4.78 is 7.37. The van der Waals surface area contributed by atoms with E-state index in [0.717, 1.165) is 16.5 Å².